The molecule has 0 radical (unpaired) electrons. The molecule has 3 amide bonds. The summed E-state index contributed by atoms with van der Waals surface area (Å²) in [5, 5.41) is 15.1. The van der Waals surface area contributed by atoms with Crippen LogP contribution in [0.25, 0.3) is 0 Å². The maximum absolute atomic E-state index is 11.6. The van der Waals surface area contributed by atoms with Gasteiger partial charge in [0.1, 0.15) is 5.75 Å². The summed E-state index contributed by atoms with van der Waals surface area (Å²) in [5.41, 5.74) is -0.140. The van der Waals surface area contributed by atoms with Crippen LogP contribution in [0, 0.1) is 10.1 Å². The fraction of sp³-hybridized carbons (Fsp3) is 0.333. The number of nitrogens with zero attached hydrogens (tertiary/aromatic N) is 1. The van der Waals surface area contributed by atoms with E-state index in [2.05, 4.69) is 10.6 Å². The van der Waals surface area contributed by atoms with Crippen LogP contribution in [0.4, 0.5) is 10.5 Å². The van der Waals surface area contributed by atoms with Crippen LogP contribution in [-0.2, 0) is 4.79 Å². The molecule has 1 aromatic rings. The van der Waals surface area contributed by atoms with E-state index in [9.17, 15) is 19.7 Å². The predicted octanol–water partition coefficient (Wildman–Crippen LogP) is 1.21. The number of nitro benzene ring substituents is 1. The molecule has 0 aliphatic carbocycles. The second-order valence-electron chi connectivity index (χ2n) is 3.86. The van der Waals surface area contributed by atoms with Gasteiger partial charge in [0.15, 0.2) is 6.10 Å². The Hall–Kier alpha value is -2.64. The zero-order valence-electron chi connectivity index (χ0n) is 11.1. The number of nitro groups is 1. The highest BCUT2D eigenvalue weighted by atomic mass is 16.6. The van der Waals surface area contributed by atoms with Crippen LogP contribution in [0.3, 0.4) is 0 Å². The lowest BCUT2D eigenvalue weighted by atomic mass is 10.3. The quantitative estimate of drug-likeness (QED) is 0.622. The predicted molar refractivity (Wildman–Crippen MR) is 70.4 cm³/mol. The van der Waals surface area contributed by atoms with Gasteiger partial charge in [-0.3, -0.25) is 20.2 Å². The molecular weight excluding hydrogens is 266 g/mol. The molecular formula is C12H15N3O5. The van der Waals surface area contributed by atoms with Crippen molar-refractivity contribution < 1.29 is 19.2 Å². The van der Waals surface area contributed by atoms with Crippen molar-refractivity contribution in [2.24, 2.45) is 0 Å². The van der Waals surface area contributed by atoms with Crippen molar-refractivity contribution in [2.45, 2.75) is 20.0 Å². The Morgan fingerprint density at radius 2 is 2.15 bits per heavy atom. The van der Waals surface area contributed by atoms with Crippen LogP contribution in [0.15, 0.2) is 24.3 Å². The van der Waals surface area contributed by atoms with Crippen molar-refractivity contribution in [3.63, 3.8) is 0 Å². The molecule has 0 aromatic heterocycles. The fourth-order valence-corrected chi connectivity index (χ4v) is 1.35. The minimum atomic E-state index is -0.959. The Morgan fingerprint density at radius 3 is 2.75 bits per heavy atom. The average molecular weight is 281 g/mol. The number of ether oxygens (including phenoxy) is 1. The first kappa shape index (κ1) is 15.4. The molecule has 0 aliphatic heterocycles. The van der Waals surface area contributed by atoms with E-state index in [0.717, 1.165) is 0 Å². The van der Waals surface area contributed by atoms with Crippen molar-refractivity contribution in [2.75, 3.05) is 6.54 Å². The van der Waals surface area contributed by atoms with Gasteiger partial charge < -0.3 is 10.1 Å². The Morgan fingerprint density at radius 1 is 1.45 bits per heavy atom. The van der Waals surface area contributed by atoms with Crippen LogP contribution in [-0.4, -0.2) is 29.5 Å². The second-order valence-corrected chi connectivity index (χ2v) is 3.86. The Bertz CT molecular complexity index is 518. The third-order valence-corrected chi connectivity index (χ3v) is 2.28. The van der Waals surface area contributed by atoms with Crippen LogP contribution in [0.1, 0.15) is 13.8 Å². The third-order valence-electron chi connectivity index (χ3n) is 2.28. The van der Waals surface area contributed by atoms with Gasteiger partial charge in [-0.2, -0.15) is 0 Å². The number of urea groups is 1. The van der Waals surface area contributed by atoms with Crippen LogP contribution < -0.4 is 15.4 Å². The van der Waals surface area contributed by atoms with Gasteiger partial charge in [-0.25, -0.2) is 4.79 Å². The molecule has 0 saturated carbocycles. The molecule has 1 aromatic carbocycles. The van der Waals surface area contributed by atoms with Gasteiger partial charge in [-0.05, 0) is 19.9 Å². The Balaban J connectivity index is 2.63. The zero-order valence-corrected chi connectivity index (χ0v) is 11.1. The fourth-order valence-electron chi connectivity index (χ4n) is 1.35. The summed E-state index contributed by atoms with van der Waals surface area (Å²) < 4.78 is 5.25. The standard InChI is InChI=1S/C12H15N3O5/c1-3-13-12(17)14-11(16)8(2)20-10-6-4-5-9(7-10)15(18)19/h4-8H,3H2,1-2H3,(H2,13,14,16,17). The van der Waals surface area contributed by atoms with Crippen LogP contribution in [0.5, 0.6) is 5.75 Å². The molecule has 1 atom stereocenters. The van der Waals surface area contributed by atoms with E-state index in [4.69, 9.17) is 4.74 Å². The summed E-state index contributed by atoms with van der Waals surface area (Å²) in [4.78, 5) is 32.8. The lowest BCUT2D eigenvalue weighted by Gasteiger charge is -2.14. The molecule has 0 spiro atoms. The average Bonchev–Trinajstić information content (AvgIpc) is 2.39. The van der Waals surface area contributed by atoms with Crippen molar-refractivity contribution in [3.8, 4) is 5.75 Å². The third kappa shape index (κ3) is 4.56. The SMILES string of the molecule is CCNC(=O)NC(=O)C(C)Oc1cccc([N+](=O)[O-])c1. The van der Waals surface area contributed by atoms with E-state index in [-0.39, 0.29) is 11.4 Å². The number of hydrogen-bond acceptors (Lipinski definition) is 5. The van der Waals surface area contributed by atoms with Gasteiger partial charge >= 0.3 is 6.03 Å². The van der Waals surface area contributed by atoms with Gasteiger partial charge in [-0.1, -0.05) is 6.07 Å². The number of carbonyl (C=O) groups is 2. The molecule has 0 bridgehead atoms. The summed E-state index contributed by atoms with van der Waals surface area (Å²) >= 11 is 0. The molecule has 1 unspecified atom stereocenters. The number of rotatable bonds is 5. The topological polar surface area (TPSA) is 111 Å². The number of hydrogen-bond donors (Lipinski definition) is 2. The first-order valence-corrected chi connectivity index (χ1v) is 5.93. The van der Waals surface area contributed by atoms with Gasteiger partial charge in [-0.15, -0.1) is 0 Å². The molecule has 0 aliphatic rings. The molecule has 8 nitrogen and oxygen atoms in total. The molecule has 0 saturated heterocycles. The van der Waals surface area contributed by atoms with E-state index in [1.165, 1.54) is 31.2 Å². The summed E-state index contributed by atoms with van der Waals surface area (Å²) in [5.74, 6) is -0.458. The molecule has 0 heterocycles. The second kappa shape index (κ2) is 7.07. The molecule has 108 valence electrons. The highest BCUT2D eigenvalue weighted by Crippen LogP contribution is 2.20. The van der Waals surface area contributed by atoms with Gasteiger partial charge in [0.25, 0.3) is 11.6 Å². The Labute approximate surface area is 115 Å². The summed E-state index contributed by atoms with van der Waals surface area (Å²) in [6.45, 7) is 3.54. The smallest absolute Gasteiger partial charge is 0.321 e. The van der Waals surface area contributed by atoms with E-state index in [0.29, 0.717) is 6.54 Å². The molecule has 8 heteroatoms. The molecule has 0 fully saturated rings. The number of carbonyl (C=O) groups excluding carboxylic acids is 2. The molecule has 1 rings (SSSR count). The maximum atomic E-state index is 11.6. The number of imide groups is 1. The van der Waals surface area contributed by atoms with Gasteiger partial charge in [0, 0.05) is 12.6 Å². The monoisotopic (exact) mass is 281 g/mol. The largest absolute Gasteiger partial charge is 0.481 e. The van der Waals surface area contributed by atoms with Crippen molar-refractivity contribution in [1.29, 1.82) is 0 Å². The van der Waals surface area contributed by atoms with Crippen LogP contribution in [0.2, 0.25) is 0 Å². The van der Waals surface area contributed by atoms with E-state index < -0.39 is 23.0 Å². The number of amides is 3. The van der Waals surface area contributed by atoms with E-state index in [1.54, 1.807) is 6.92 Å². The first-order chi connectivity index (χ1) is 9.43. The van der Waals surface area contributed by atoms with Crippen LogP contribution >= 0.6 is 0 Å². The first-order valence-electron chi connectivity index (χ1n) is 5.93. The maximum Gasteiger partial charge on any atom is 0.321 e. The summed E-state index contributed by atoms with van der Waals surface area (Å²) in [6.07, 6.45) is -0.959. The molecule has 2 N–H and O–H groups in total. The highest BCUT2D eigenvalue weighted by Gasteiger charge is 2.18. The minimum absolute atomic E-state index is 0.140. The van der Waals surface area contributed by atoms with Gasteiger partial charge in [0.05, 0.1) is 11.0 Å². The molecule has 20 heavy (non-hydrogen) atoms. The number of benzene rings is 1. The van der Waals surface area contributed by atoms with E-state index in [1.807, 2.05) is 0 Å². The highest BCUT2D eigenvalue weighted by molar-refractivity contribution is 5.96. The van der Waals surface area contributed by atoms with Gasteiger partial charge in [0.2, 0.25) is 0 Å². The normalized spacial score (nSPS) is 11.3. The van der Waals surface area contributed by atoms with Crippen molar-refractivity contribution in [1.82, 2.24) is 10.6 Å². The summed E-state index contributed by atoms with van der Waals surface area (Å²) in [7, 11) is 0. The zero-order chi connectivity index (χ0) is 15.1. The van der Waals surface area contributed by atoms with Crippen molar-refractivity contribution in [3.05, 3.63) is 34.4 Å². The lowest BCUT2D eigenvalue weighted by Crippen LogP contribution is -2.45. The number of non-ortho nitro benzene ring substituents is 1. The minimum Gasteiger partial charge on any atom is -0.481 e. The Kier molecular flexibility index (Phi) is 5.45. The van der Waals surface area contributed by atoms with Crippen molar-refractivity contribution >= 4 is 17.6 Å². The summed E-state index contributed by atoms with van der Waals surface area (Å²) in [6, 6.07) is 4.83. The lowest BCUT2D eigenvalue weighted by molar-refractivity contribution is -0.384. The van der Waals surface area contributed by atoms with E-state index >= 15 is 0 Å². The number of nitrogens with one attached hydrogen (secondary N) is 2.